The van der Waals surface area contributed by atoms with E-state index in [-0.39, 0.29) is 11.8 Å². The van der Waals surface area contributed by atoms with E-state index < -0.39 is 0 Å². The van der Waals surface area contributed by atoms with Crippen molar-refractivity contribution in [1.29, 1.82) is 0 Å². The van der Waals surface area contributed by atoms with E-state index in [4.69, 9.17) is 0 Å². The van der Waals surface area contributed by atoms with Gasteiger partial charge in [0.1, 0.15) is 17.8 Å². The van der Waals surface area contributed by atoms with Crippen molar-refractivity contribution in [3.8, 4) is 0 Å². The lowest BCUT2D eigenvalue weighted by Crippen LogP contribution is -2.40. The summed E-state index contributed by atoms with van der Waals surface area (Å²) in [4.78, 5) is 14.6. The molecular formula is C16H23N5O. The quantitative estimate of drug-likeness (QED) is 0.873. The Morgan fingerprint density at radius 1 is 1.41 bits per heavy atom. The predicted octanol–water partition coefficient (Wildman–Crippen LogP) is 2.22. The number of aromatic nitrogens is 4. The van der Waals surface area contributed by atoms with Crippen LogP contribution in [0.5, 0.6) is 0 Å². The van der Waals surface area contributed by atoms with Crippen LogP contribution in [0.1, 0.15) is 55.0 Å². The molecule has 2 aromatic heterocycles. The molecule has 1 aliphatic heterocycles. The first kappa shape index (κ1) is 14.8. The third kappa shape index (κ3) is 2.65. The summed E-state index contributed by atoms with van der Waals surface area (Å²) in [7, 11) is 1.91. The van der Waals surface area contributed by atoms with Gasteiger partial charge >= 0.3 is 0 Å². The van der Waals surface area contributed by atoms with Crippen molar-refractivity contribution in [2.45, 2.75) is 38.6 Å². The first-order valence-corrected chi connectivity index (χ1v) is 7.88. The lowest BCUT2D eigenvalue weighted by Gasteiger charge is -2.32. The van der Waals surface area contributed by atoms with Gasteiger partial charge in [0.2, 0.25) is 0 Å². The van der Waals surface area contributed by atoms with Crippen molar-refractivity contribution in [2.24, 2.45) is 7.05 Å². The Bertz CT molecular complexity index is 657. The summed E-state index contributed by atoms with van der Waals surface area (Å²) >= 11 is 0. The highest BCUT2D eigenvalue weighted by molar-refractivity contribution is 5.92. The number of carbonyl (C=O) groups excluding carboxylic acids is 1. The van der Waals surface area contributed by atoms with E-state index in [1.54, 1.807) is 6.33 Å². The van der Waals surface area contributed by atoms with E-state index in [0.29, 0.717) is 6.04 Å². The molecule has 22 heavy (non-hydrogen) atoms. The highest BCUT2D eigenvalue weighted by Crippen LogP contribution is 2.27. The van der Waals surface area contributed by atoms with Gasteiger partial charge in [-0.3, -0.25) is 4.79 Å². The summed E-state index contributed by atoms with van der Waals surface area (Å²) in [6.07, 6.45) is 5.76. The topological polar surface area (TPSA) is 56.0 Å². The molecule has 1 amide bonds. The fourth-order valence-corrected chi connectivity index (χ4v) is 3.16. The molecule has 1 atom stereocenters. The number of nitrogens with zero attached hydrogens (tertiary/aromatic N) is 5. The molecule has 1 aliphatic rings. The number of hydrogen-bond donors (Lipinski definition) is 0. The van der Waals surface area contributed by atoms with Crippen LogP contribution in [0, 0.1) is 0 Å². The van der Waals surface area contributed by atoms with E-state index >= 15 is 0 Å². The predicted molar refractivity (Wildman–Crippen MR) is 83.7 cm³/mol. The molecule has 0 spiro atoms. The molecule has 0 aromatic carbocycles. The van der Waals surface area contributed by atoms with Gasteiger partial charge in [0.15, 0.2) is 0 Å². The largest absolute Gasteiger partial charge is 0.347 e. The van der Waals surface area contributed by atoms with Gasteiger partial charge in [-0.2, -0.15) is 0 Å². The molecule has 3 rings (SSSR count). The average molecular weight is 301 g/mol. The number of likely N-dealkylation sites (tertiary alicyclic amines) is 1. The Hall–Kier alpha value is -2.11. The lowest BCUT2D eigenvalue weighted by atomic mass is 9.96. The van der Waals surface area contributed by atoms with Crippen molar-refractivity contribution < 1.29 is 4.79 Å². The number of aryl methyl sites for hydroxylation is 1. The van der Waals surface area contributed by atoms with Crippen molar-refractivity contribution >= 4 is 5.91 Å². The maximum atomic E-state index is 12.7. The first-order chi connectivity index (χ1) is 10.6. The van der Waals surface area contributed by atoms with E-state index in [1.165, 1.54) is 0 Å². The summed E-state index contributed by atoms with van der Waals surface area (Å²) in [5, 5.41) is 8.36. The molecule has 1 fully saturated rings. The molecule has 6 heteroatoms. The number of amides is 1. The standard InChI is InChI=1S/C16H23N5O/c1-12(2)21-11-17-18-15(21)13-6-4-9-20(10-13)16(22)14-7-5-8-19(14)3/h5,7-8,11-13H,4,6,9-10H2,1-3H3/t13-/m1/s1. The molecule has 0 saturated carbocycles. The van der Waals surface area contributed by atoms with Gasteiger partial charge in [-0.25, -0.2) is 0 Å². The number of piperidine rings is 1. The Morgan fingerprint density at radius 3 is 2.91 bits per heavy atom. The molecule has 0 unspecified atom stereocenters. The molecular weight excluding hydrogens is 278 g/mol. The zero-order chi connectivity index (χ0) is 15.7. The average Bonchev–Trinajstić information content (AvgIpc) is 3.15. The van der Waals surface area contributed by atoms with Crippen LogP contribution in [-0.4, -0.2) is 43.2 Å². The molecule has 0 radical (unpaired) electrons. The molecule has 0 aliphatic carbocycles. The minimum absolute atomic E-state index is 0.104. The zero-order valence-corrected chi connectivity index (χ0v) is 13.4. The second kappa shape index (κ2) is 5.94. The van der Waals surface area contributed by atoms with Gasteiger partial charge in [-0.1, -0.05) is 0 Å². The summed E-state index contributed by atoms with van der Waals surface area (Å²) in [6, 6.07) is 4.12. The van der Waals surface area contributed by atoms with Crippen LogP contribution in [0.3, 0.4) is 0 Å². The summed E-state index contributed by atoms with van der Waals surface area (Å²) < 4.78 is 3.99. The first-order valence-electron chi connectivity index (χ1n) is 7.88. The normalized spacial score (nSPS) is 18.9. The van der Waals surface area contributed by atoms with Crippen LogP contribution in [0.25, 0.3) is 0 Å². The fourth-order valence-electron chi connectivity index (χ4n) is 3.16. The molecule has 118 valence electrons. The third-order valence-corrected chi connectivity index (χ3v) is 4.39. The monoisotopic (exact) mass is 301 g/mol. The highest BCUT2D eigenvalue weighted by atomic mass is 16.2. The van der Waals surface area contributed by atoms with E-state index in [2.05, 4.69) is 28.6 Å². The SMILES string of the molecule is CC(C)n1cnnc1[C@@H]1CCCN(C(=O)c2cccn2C)C1. The van der Waals surface area contributed by atoms with Crippen LogP contribution in [0.15, 0.2) is 24.7 Å². The fraction of sp³-hybridized carbons (Fsp3) is 0.562. The van der Waals surface area contributed by atoms with Crippen LogP contribution < -0.4 is 0 Å². The minimum atomic E-state index is 0.104. The van der Waals surface area contributed by atoms with Crippen molar-refractivity contribution in [3.05, 3.63) is 36.2 Å². The second-order valence-electron chi connectivity index (χ2n) is 6.28. The van der Waals surface area contributed by atoms with Crippen molar-refractivity contribution in [3.63, 3.8) is 0 Å². The number of carbonyl (C=O) groups is 1. The third-order valence-electron chi connectivity index (χ3n) is 4.39. The lowest BCUT2D eigenvalue weighted by molar-refractivity contribution is 0.0693. The molecule has 2 aromatic rings. The summed E-state index contributed by atoms with van der Waals surface area (Å²) in [5.74, 6) is 1.37. The highest BCUT2D eigenvalue weighted by Gasteiger charge is 2.29. The zero-order valence-electron chi connectivity index (χ0n) is 13.4. The van der Waals surface area contributed by atoms with Crippen LogP contribution >= 0.6 is 0 Å². The summed E-state index contributed by atoms with van der Waals surface area (Å²) in [5.41, 5.74) is 0.742. The smallest absolute Gasteiger partial charge is 0.270 e. The van der Waals surface area contributed by atoms with E-state index in [0.717, 1.165) is 37.4 Å². The van der Waals surface area contributed by atoms with E-state index in [1.807, 2.05) is 34.8 Å². The van der Waals surface area contributed by atoms with Gasteiger partial charge in [0, 0.05) is 38.3 Å². The van der Waals surface area contributed by atoms with Gasteiger partial charge in [0.25, 0.3) is 5.91 Å². The summed E-state index contributed by atoms with van der Waals surface area (Å²) in [6.45, 7) is 5.79. The Balaban J connectivity index is 1.78. The molecule has 1 saturated heterocycles. The minimum Gasteiger partial charge on any atom is -0.347 e. The second-order valence-corrected chi connectivity index (χ2v) is 6.28. The maximum Gasteiger partial charge on any atom is 0.270 e. The van der Waals surface area contributed by atoms with Crippen LogP contribution in [0.4, 0.5) is 0 Å². The van der Waals surface area contributed by atoms with E-state index in [9.17, 15) is 4.79 Å². The van der Waals surface area contributed by atoms with Crippen LogP contribution in [0.2, 0.25) is 0 Å². The maximum absolute atomic E-state index is 12.7. The Morgan fingerprint density at radius 2 is 2.23 bits per heavy atom. The van der Waals surface area contributed by atoms with Crippen molar-refractivity contribution in [1.82, 2.24) is 24.2 Å². The van der Waals surface area contributed by atoms with Gasteiger partial charge < -0.3 is 14.0 Å². The molecule has 6 nitrogen and oxygen atoms in total. The van der Waals surface area contributed by atoms with Crippen LogP contribution in [-0.2, 0) is 7.05 Å². The van der Waals surface area contributed by atoms with Gasteiger partial charge in [-0.15, -0.1) is 10.2 Å². The van der Waals surface area contributed by atoms with Gasteiger partial charge in [0.05, 0.1) is 0 Å². The number of hydrogen-bond acceptors (Lipinski definition) is 3. The molecule has 0 N–H and O–H groups in total. The molecule has 3 heterocycles. The Kier molecular flexibility index (Phi) is 4.00. The Labute approximate surface area is 130 Å². The molecule has 0 bridgehead atoms. The van der Waals surface area contributed by atoms with Gasteiger partial charge in [-0.05, 0) is 38.8 Å². The number of rotatable bonds is 3. The van der Waals surface area contributed by atoms with Crippen molar-refractivity contribution in [2.75, 3.05) is 13.1 Å².